The predicted molar refractivity (Wildman–Crippen MR) is 123 cm³/mol. The van der Waals surface area contributed by atoms with Gasteiger partial charge in [0.2, 0.25) is 5.91 Å². The van der Waals surface area contributed by atoms with Crippen LogP contribution in [0, 0.1) is 0 Å². The maximum Gasteiger partial charge on any atom is 0.235 e. The van der Waals surface area contributed by atoms with Gasteiger partial charge >= 0.3 is 0 Å². The van der Waals surface area contributed by atoms with Crippen molar-refractivity contribution in [3.63, 3.8) is 0 Å². The van der Waals surface area contributed by atoms with Gasteiger partial charge in [0, 0.05) is 39.7 Å². The molecule has 0 aliphatic heterocycles. The SMILES string of the molecule is COc1ccc(SCC(=O)Nc2scc(-c3ccc(Cl)cc3)c2C(O)OC)c(N)c1. The van der Waals surface area contributed by atoms with E-state index >= 15 is 0 Å². The van der Waals surface area contributed by atoms with Crippen molar-refractivity contribution in [1.82, 2.24) is 0 Å². The zero-order valence-corrected chi connectivity index (χ0v) is 18.7. The van der Waals surface area contributed by atoms with Gasteiger partial charge in [-0.1, -0.05) is 23.7 Å². The number of benzene rings is 2. The summed E-state index contributed by atoms with van der Waals surface area (Å²) < 4.78 is 10.3. The van der Waals surface area contributed by atoms with E-state index in [0.717, 1.165) is 16.0 Å². The van der Waals surface area contributed by atoms with E-state index in [0.29, 0.717) is 27.0 Å². The summed E-state index contributed by atoms with van der Waals surface area (Å²) in [6.45, 7) is 0. The first-order valence-electron chi connectivity index (χ1n) is 8.87. The third-order valence-electron chi connectivity index (χ3n) is 4.28. The molecule has 30 heavy (non-hydrogen) atoms. The Morgan fingerprint density at radius 1 is 1.27 bits per heavy atom. The molecule has 6 nitrogen and oxygen atoms in total. The minimum Gasteiger partial charge on any atom is -0.497 e. The zero-order valence-electron chi connectivity index (χ0n) is 16.3. The van der Waals surface area contributed by atoms with Gasteiger partial charge < -0.3 is 25.6 Å². The molecule has 1 unspecified atom stereocenters. The van der Waals surface area contributed by atoms with Crippen LogP contribution in [0.5, 0.6) is 5.75 Å². The molecule has 1 amide bonds. The second-order valence-electron chi connectivity index (χ2n) is 6.23. The Bertz CT molecular complexity index is 1020. The lowest BCUT2D eigenvalue weighted by atomic mass is 10.0. The second-order valence-corrected chi connectivity index (χ2v) is 8.56. The number of halogens is 1. The van der Waals surface area contributed by atoms with Crippen LogP contribution in [0.2, 0.25) is 5.02 Å². The van der Waals surface area contributed by atoms with Gasteiger partial charge in [-0.05, 0) is 29.8 Å². The number of aliphatic hydroxyl groups is 1. The van der Waals surface area contributed by atoms with Crippen LogP contribution in [0.1, 0.15) is 11.9 Å². The Hall–Kier alpha value is -2.23. The molecule has 0 aliphatic rings. The molecular weight excluding hydrogens is 444 g/mol. The number of carbonyl (C=O) groups excluding carboxylic acids is 1. The van der Waals surface area contributed by atoms with Crippen LogP contribution in [0.25, 0.3) is 11.1 Å². The highest BCUT2D eigenvalue weighted by molar-refractivity contribution is 8.00. The van der Waals surface area contributed by atoms with Crippen molar-refractivity contribution in [2.24, 2.45) is 0 Å². The monoisotopic (exact) mass is 464 g/mol. The number of hydrogen-bond donors (Lipinski definition) is 3. The summed E-state index contributed by atoms with van der Waals surface area (Å²) in [4.78, 5) is 13.3. The van der Waals surface area contributed by atoms with Crippen molar-refractivity contribution >= 4 is 51.3 Å². The topological polar surface area (TPSA) is 93.8 Å². The molecule has 4 N–H and O–H groups in total. The number of carbonyl (C=O) groups is 1. The molecule has 0 saturated heterocycles. The number of rotatable bonds is 8. The maximum absolute atomic E-state index is 12.5. The van der Waals surface area contributed by atoms with Crippen LogP contribution in [0.3, 0.4) is 0 Å². The molecule has 0 saturated carbocycles. The normalized spacial score (nSPS) is 11.9. The Labute approximate surface area is 188 Å². The summed E-state index contributed by atoms with van der Waals surface area (Å²) in [5, 5.41) is 16.3. The number of thiophene rings is 1. The first-order valence-corrected chi connectivity index (χ1v) is 11.1. The molecule has 3 rings (SSSR count). The van der Waals surface area contributed by atoms with E-state index in [1.165, 1.54) is 30.2 Å². The molecule has 0 aliphatic carbocycles. The average molecular weight is 465 g/mol. The molecule has 3 aromatic rings. The first kappa shape index (κ1) is 22.5. The lowest BCUT2D eigenvalue weighted by Crippen LogP contribution is -2.15. The summed E-state index contributed by atoms with van der Waals surface area (Å²) in [7, 11) is 2.97. The molecule has 158 valence electrons. The number of nitrogens with two attached hydrogens (primary N) is 1. The van der Waals surface area contributed by atoms with Gasteiger partial charge in [-0.3, -0.25) is 4.79 Å². The highest BCUT2D eigenvalue weighted by atomic mass is 35.5. The largest absolute Gasteiger partial charge is 0.497 e. The number of amides is 1. The minimum absolute atomic E-state index is 0.160. The minimum atomic E-state index is -1.18. The van der Waals surface area contributed by atoms with Crippen molar-refractivity contribution < 1.29 is 19.4 Å². The highest BCUT2D eigenvalue weighted by Crippen LogP contribution is 2.40. The van der Waals surface area contributed by atoms with Gasteiger partial charge in [0.05, 0.1) is 18.4 Å². The summed E-state index contributed by atoms with van der Waals surface area (Å²) >= 11 is 8.61. The van der Waals surface area contributed by atoms with Crippen LogP contribution >= 0.6 is 34.7 Å². The van der Waals surface area contributed by atoms with Crippen LogP contribution in [0.15, 0.2) is 52.7 Å². The van der Waals surface area contributed by atoms with E-state index in [-0.39, 0.29) is 11.7 Å². The third kappa shape index (κ3) is 5.27. The van der Waals surface area contributed by atoms with Crippen molar-refractivity contribution in [3.05, 3.63) is 58.4 Å². The average Bonchev–Trinajstić information content (AvgIpc) is 3.16. The standard InChI is InChI=1S/C21H21ClN2O4S2/c1-27-14-7-8-17(16(23)9-14)29-11-18(25)24-20-19(21(26)28-2)15(10-30-20)12-3-5-13(22)6-4-12/h3-10,21,26H,11,23H2,1-2H3,(H,24,25). The van der Waals surface area contributed by atoms with Gasteiger partial charge in [0.25, 0.3) is 0 Å². The molecule has 1 atom stereocenters. The molecule has 0 fully saturated rings. The Balaban J connectivity index is 1.75. The number of nitrogens with one attached hydrogen (secondary N) is 1. The number of ether oxygens (including phenoxy) is 2. The van der Waals surface area contributed by atoms with E-state index in [1.54, 1.807) is 31.4 Å². The molecule has 0 radical (unpaired) electrons. The fraction of sp³-hybridized carbons (Fsp3) is 0.190. The zero-order chi connectivity index (χ0) is 21.7. The highest BCUT2D eigenvalue weighted by Gasteiger charge is 2.22. The molecule has 1 heterocycles. The number of anilines is 2. The fourth-order valence-corrected chi connectivity index (χ4v) is 4.65. The third-order valence-corrected chi connectivity index (χ3v) is 6.54. The van der Waals surface area contributed by atoms with Crippen molar-refractivity contribution in [2.45, 2.75) is 11.2 Å². The van der Waals surface area contributed by atoms with Crippen molar-refractivity contribution in [1.29, 1.82) is 0 Å². The van der Waals surface area contributed by atoms with Gasteiger partial charge in [0.1, 0.15) is 10.8 Å². The molecule has 2 aromatic carbocycles. The number of thioether (sulfide) groups is 1. The Morgan fingerprint density at radius 3 is 2.63 bits per heavy atom. The quantitative estimate of drug-likeness (QED) is 0.246. The van der Waals surface area contributed by atoms with E-state index in [1.807, 2.05) is 23.6 Å². The Kier molecular flexibility index (Phi) is 7.63. The maximum atomic E-state index is 12.5. The van der Waals surface area contributed by atoms with Crippen LogP contribution in [-0.2, 0) is 9.53 Å². The summed E-state index contributed by atoms with van der Waals surface area (Å²) in [6.07, 6.45) is -1.18. The van der Waals surface area contributed by atoms with Crippen LogP contribution in [0.4, 0.5) is 10.7 Å². The Morgan fingerprint density at radius 2 is 2.00 bits per heavy atom. The van der Waals surface area contributed by atoms with Crippen LogP contribution in [-0.4, -0.2) is 31.0 Å². The van der Waals surface area contributed by atoms with Gasteiger partial charge in [-0.25, -0.2) is 0 Å². The molecule has 0 spiro atoms. The lowest BCUT2D eigenvalue weighted by Gasteiger charge is -2.14. The second kappa shape index (κ2) is 10.2. The lowest BCUT2D eigenvalue weighted by molar-refractivity contribution is -0.113. The summed E-state index contributed by atoms with van der Waals surface area (Å²) in [6, 6.07) is 12.6. The molecular formula is C21H21ClN2O4S2. The van der Waals surface area contributed by atoms with E-state index in [9.17, 15) is 9.90 Å². The van der Waals surface area contributed by atoms with E-state index in [2.05, 4.69) is 5.32 Å². The number of methoxy groups -OCH3 is 2. The van der Waals surface area contributed by atoms with Crippen molar-refractivity contribution in [3.8, 4) is 16.9 Å². The van der Waals surface area contributed by atoms with Gasteiger partial charge in [-0.2, -0.15) is 0 Å². The molecule has 1 aromatic heterocycles. The van der Waals surface area contributed by atoms with E-state index < -0.39 is 6.29 Å². The molecule has 9 heteroatoms. The molecule has 0 bridgehead atoms. The summed E-state index contributed by atoms with van der Waals surface area (Å²) in [5.74, 6) is 0.602. The summed E-state index contributed by atoms with van der Waals surface area (Å²) in [5.41, 5.74) is 8.69. The number of hydrogen-bond acceptors (Lipinski definition) is 7. The van der Waals surface area contributed by atoms with Gasteiger partial charge in [-0.15, -0.1) is 23.1 Å². The number of nitrogen functional groups attached to an aromatic ring is 1. The smallest absolute Gasteiger partial charge is 0.235 e. The first-order chi connectivity index (χ1) is 14.4. The van der Waals surface area contributed by atoms with Gasteiger partial charge in [0.15, 0.2) is 6.29 Å². The number of aliphatic hydroxyl groups excluding tert-OH is 1. The predicted octanol–water partition coefficient (Wildman–Crippen LogP) is 5.03. The fourth-order valence-electron chi connectivity index (χ4n) is 2.77. The van der Waals surface area contributed by atoms with E-state index in [4.69, 9.17) is 26.8 Å². The van der Waals surface area contributed by atoms with Crippen LogP contribution < -0.4 is 15.8 Å². The van der Waals surface area contributed by atoms with Crippen molar-refractivity contribution in [2.75, 3.05) is 31.0 Å².